The molecule has 0 saturated heterocycles. The Hall–Kier alpha value is -1.09. The molecule has 0 aromatic rings. The molecule has 0 aromatic heterocycles. The third-order valence-corrected chi connectivity index (χ3v) is 2.28. The van der Waals surface area contributed by atoms with Crippen molar-refractivity contribution in [3.63, 3.8) is 0 Å². The molecule has 0 radical (unpaired) electrons. The molecule has 3 nitrogen and oxygen atoms in total. The van der Waals surface area contributed by atoms with Gasteiger partial charge in [0, 0.05) is 18.4 Å². The molecular weight excluding hydrogens is 186 g/mol. The van der Waals surface area contributed by atoms with Gasteiger partial charge in [-0.05, 0) is 18.9 Å². The maximum Gasteiger partial charge on any atom is 0.139 e. The summed E-state index contributed by atoms with van der Waals surface area (Å²) in [5.74, 6) is 0. The van der Waals surface area contributed by atoms with Crippen LogP contribution in [0.25, 0.3) is 0 Å². The molecule has 4 heteroatoms. The lowest BCUT2D eigenvalue weighted by molar-refractivity contribution is 0.861. The van der Waals surface area contributed by atoms with Crippen LogP contribution in [0, 0.1) is 5.41 Å². The molecule has 2 N–H and O–H groups in total. The van der Waals surface area contributed by atoms with Gasteiger partial charge < -0.3 is 10.7 Å². The molecule has 1 saturated carbocycles. The fourth-order valence-corrected chi connectivity index (χ4v) is 1.25. The van der Waals surface area contributed by atoms with Crippen molar-refractivity contribution in [2.45, 2.75) is 18.9 Å². The minimum absolute atomic E-state index is 0.389. The highest BCUT2D eigenvalue weighted by molar-refractivity contribution is 6.73. The van der Waals surface area contributed by atoms with Crippen LogP contribution in [0.15, 0.2) is 29.0 Å². The average Bonchev–Trinajstić information content (AvgIpc) is 2.87. The van der Waals surface area contributed by atoms with Crippen LogP contribution in [0.3, 0.4) is 0 Å². The van der Waals surface area contributed by atoms with Crippen molar-refractivity contribution in [2.24, 2.45) is 4.99 Å². The monoisotopic (exact) mass is 195 g/mol. The van der Waals surface area contributed by atoms with Crippen molar-refractivity contribution in [1.29, 1.82) is 5.41 Å². The van der Waals surface area contributed by atoms with Crippen LogP contribution in [0.2, 0.25) is 0 Å². The smallest absolute Gasteiger partial charge is 0.139 e. The van der Waals surface area contributed by atoms with Gasteiger partial charge in [-0.3, -0.25) is 0 Å². The van der Waals surface area contributed by atoms with Gasteiger partial charge in [0.1, 0.15) is 5.17 Å². The van der Waals surface area contributed by atoms with Crippen LogP contribution < -0.4 is 5.32 Å². The van der Waals surface area contributed by atoms with Crippen LogP contribution in [-0.4, -0.2) is 16.9 Å². The Morgan fingerprint density at radius 1 is 1.62 bits per heavy atom. The van der Waals surface area contributed by atoms with Crippen LogP contribution in [0.4, 0.5) is 0 Å². The predicted molar refractivity (Wildman–Crippen MR) is 54.4 cm³/mol. The van der Waals surface area contributed by atoms with E-state index < -0.39 is 0 Å². The SMILES string of the molecule is N=C1C=CN=C(Cl)/C1=C/NC1CC1. The van der Waals surface area contributed by atoms with Crippen LogP contribution in [0.1, 0.15) is 12.8 Å². The summed E-state index contributed by atoms with van der Waals surface area (Å²) in [5, 5.41) is 11.2. The summed E-state index contributed by atoms with van der Waals surface area (Å²) < 4.78 is 0. The number of halogens is 1. The van der Waals surface area contributed by atoms with Crippen LogP contribution in [0.5, 0.6) is 0 Å². The summed E-state index contributed by atoms with van der Waals surface area (Å²) in [5.41, 5.74) is 1.09. The molecule has 13 heavy (non-hydrogen) atoms. The lowest BCUT2D eigenvalue weighted by Crippen LogP contribution is -2.15. The number of nitrogens with zero attached hydrogens (tertiary/aromatic N) is 1. The minimum atomic E-state index is 0.389. The number of aliphatic imine (C=N–C) groups is 1. The van der Waals surface area contributed by atoms with Gasteiger partial charge in [-0.1, -0.05) is 11.6 Å². The molecule has 0 amide bonds. The van der Waals surface area contributed by atoms with Crippen molar-refractivity contribution in [2.75, 3.05) is 0 Å². The maximum atomic E-state index is 7.58. The summed E-state index contributed by atoms with van der Waals surface area (Å²) >= 11 is 5.83. The molecule has 2 rings (SSSR count). The zero-order valence-electron chi connectivity index (χ0n) is 7.05. The van der Waals surface area contributed by atoms with Gasteiger partial charge in [-0.15, -0.1) is 0 Å². The lowest BCUT2D eigenvalue weighted by atomic mass is 10.1. The molecule has 1 fully saturated rings. The molecule has 0 atom stereocenters. The zero-order valence-corrected chi connectivity index (χ0v) is 7.80. The van der Waals surface area contributed by atoms with Gasteiger partial charge in [0.25, 0.3) is 0 Å². The van der Waals surface area contributed by atoms with Gasteiger partial charge in [-0.25, -0.2) is 4.99 Å². The van der Waals surface area contributed by atoms with Gasteiger partial charge >= 0.3 is 0 Å². The molecule has 0 spiro atoms. The molecule has 0 bridgehead atoms. The summed E-state index contributed by atoms with van der Waals surface area (Å²) in [6.07, 6.45) is 7.38. The van der Waals surface area contributed by atoms with E-state index in [4.69, 9.17) is 17.0 Å². The fraction of sp³-hybridized carbons (Fsp3) is 0.333. The zero-order chi connectivity index (χ0) is 9.26. The maximum absolute atomic E-state index is 7.58. The van der Waals surface area contributed by atoms with Gasteiger partial charge in [-0.2, -0.15) is 0 Å². The predicted octanol–water partition coefficient (Wildman–Crippen LogP) is 1.81. The fourth-order valence-electron chi connectivity index (χ4n) is 1.04. The summed E-state index contributed by atoms with van der Waals surface area (Å²) in [6, 6.07) is 0.579. The van der Waals surface area contributed by atoms with Crippen LogP contribution in [-0.2, 0) is 0 Å². The van der Waals surface area contributed by atoms with Gasteiger partial charge in [0.2, 0.25) is 0 Å². The highest BCUT2D eigenvalue weighted by Crippen LogP contribution is 2.19. The van der Waals surface area contributed by atoms with E-state index in [2.05, 4.69) is 10.3 Å². The Bertz CT molecular complexity index is 324. The van der Waals surface area contributed by atoms with E-state index in [1.807, 2.05) is 0 Å². The molecule has 1 heterocycles. The number of nitrogens with one attached hydrogen (secondary N) is 2. The molecule has 2 aliphatic rings. The highest BCUT2D eigenvalue weighted by Gasteiger charge is 2.20. The van der Waals surface area contributed by atoms with E-state index in [0.29, 0.717) is 22.5 Å². The third kappa shape index (κ3) is 1.98. The lowest BCUT2D eigenvalue weighted by Gasteiger charge is -2.07. The molecule has 68 valence electrons. The summed E-state index contributed by atoms with van der Waals surface area (Å²) in [4.78, 5) is 3.91. The second-order valence-electron chi connectivity index (χ2n) is 3.15. The first-order valence-electron chi connectivity index (χ1n) is 4.23. The Labute approximate surface area is 81.7 Å². The molecule has 1 aliphatic carbocycles. The standard InChI is InChI=1S/C9H10ClN3/c10-9-7(5-13-6-1-2-6)8(11)3-4-12-9/h3-6,11,13H,1-2H2/b7-5+,11-8?. The molecule has 0 aromatic carbocycles. The van der Waals surface area contributed by atoms with E-state index in [1.54, 1.807) is 18.5 Å². The number of hydrogen-bond donors (Lipinski definition) is 2. The molecular formula is C9H10ClN3. The topological polar surface area (TPSA) is 48.2 Å². The van der Waals surface area contributed by atoms with Crippen molar-refractivity contribution in [3.8, 4) is 0 Å². The largest absolute Gasteiger partial charge is 0.388 e. The first-order valence-corrected chi connectivity index (χ1v) is 4.60. The normalized spacial score (nSPS) is 24.8. The van der Waals surface area contributed by atoms with Crippen LogP contribution >= 0.6 is 11.6 Å². The van der Waals surface area contributed by atoms with Crippen molar-refractivity contribution in [3.05, 3.63) is 24.0 Å². The first kappa shape index (κ1) is 8.51. The van der Waals surface area contributed by atoms with E-state index >= 15 is 0 Å². The Morgan fingerprint density at radius 2 is 2.38 bits per heavy atom. The Balaban J connectivity index is 2.10. The molecule has 0 unspecified atom stereocenters. The van der Waals surface area contributed by atoms with Crippen molar-refractivity contribution >= 4 is 22.5 Å². The second-order valence-corrected chi connectivity index (χ2v) is 3.51. The van der Waals surface area contributed by atoms with E-state index in [0.717, 1.165) is 0 Å². The first-order chi connectivity index (χ1) is 6.27. The Morgan fingerprint density at radius 3 is 3.00 bits per heavy atom. The number of hydrogen-bond acceptors (Lipinski definition) is 3. The van der Waals surface area contributed by atoms with E-state index in [1.165, 1.54) is 12.8 Å². The van der Waals surface area contributed by atoms with E-state index in [9.17, 15) is 0 Å². The van der Waals surface area contributed by atoms with Crippen molar-refractivity contribution in [1.82, 2.24) is 5.32 Å². The second kappa shape index (κ2) is 3.34. The van der Waals surface area contributed by atoms with E-state index in [-0.39, 0.29) is 0 Å². The summed E-state index contributed by atoms with van der Waals surface area (Å²) in [6.45, 7) is 0. The minimum Gasteiger partial charge on any atom is -0.388 e. The van der Waals surface area contributed by atoms with Crippen molar-refractivity contribution < 1.29 is 0 Å². The average molecular weight is 196 g/mol. The molecule has 1 aliphatic heterocycles. The quantitative estimate of drug-likeness (QED) is 0.694. The number of rotatable bonds is 2. The third-order valence-electron chi connectivity index (χ3n) is 1.98. The van der Waals surface area contributed by atoms with Gasteiger partial charge in [0.05, 0.1) is 11.3 Å². The number of allylic oxidation sites excluding steroid dienone is 2. The van der Waals surface area contributed by atoms with Gasteiger partial charge in [0.15, 0.2) is 0 Å². The highest BCUT2D eigenvalue weighted by atomic mass is 35.5. The Kier molecular flexibility index (Phi) is 2.19. The summed E-state index contributed by atoms with van der Waals surface area (Å²) in [7, 11) is 0.